The molecule has 0 saturated carbocycles. The summed E-state index contributed by atoms with van der Waals surface area (Å²) >= 11 is 2.21. The molecule has 3 rings (SSSR count). The summed E-state index contributed by atoms with van der Waals surface area (Å²) < 4.78 is 10.8. The number of hydrogen-bond donors (Lipinski definition) is 0. The van der Waals surface area contributed by atoms with E-state index in [4.69, 9.17) is 8.21 Å². The summed E-state index contributed by atoms with van der Waals surface area (Å²) in [6, 6.07) is 9.37. The molecule has 0 aliphatic rings. The Bertz CT molecular complexity index is 633. The largest absolute Gasteiger partial charge is 0.653 e. The summed E-state index contributed by atoms with van der Waals surface area (Å²) in [6.45, 7) is 0. The standard InChI is InChI=1S/C12H8N2O2.Al/c15-10-5-6-13-7-8(10)12-14-9-3-1-2-4-11(9)16-12;/h1-7H,(H,13,15);/q;+1/p-1. The smallest absolute Gasteiger partial charge is 0.482 e. The molecule has 0 atom stereocenters. The molecule has 2 aromatic heterocycles. The van der Waals surface area contributed by atoms with Gasteiger partial charge in [-0.15, -0.1) is 0 Å². The van der Waals surface area contributed by atoms with Crippen LogP contribution < -0.4 is 3.79 Å². The minimum atomic E-state index is 0.511. The molecule has 2 radical (unpaired) electrons. The Morgan fingerprint density at radius 1 is 1.18 bits per heavy atom. The molecule has 17 heavy (non-hydrogen) atoms. The molecule has 0 N–H and O–H groups in total. The van der Waals surface area contributed by atoms with E-state index in [1.807, 2.05) is 24.3 Å². The van der Waals surface area contributed by atoms with Gasteiger partial charge in [-0.3, -0.25) is 4.98 Å². The molecule has 0 saturated heterocycles. The first kappa shape index (κ1) is 10.3. The molecule has 0 fully saturated rings. The first-order valence-electron chi connectivity index (χ1n) is 5.05. The van der Waals surface area contributed by atoms with Crippen LogP contribution in [0.25, 0.3) is 22.6 Å². The van der Waals surface area contributed by atoms with Crippen LogP contribution in [0, 0.1) is 0 Å². The molecule has 0 bridgehead atoms. The lowest BCUT2D eigenvalue weighted by Crippen LogP contribution is -1.90. The van der Waals surface area contributed by atoms with Gasteiger partial charge in [-0.25, -0.2) is 4.98 Å². The van der Waals surface area contributed by atoms with Crippen LogP contribution in [-0.2, 0) is 0 Å². The predicted molar refractivity (Wildman–Crippen MR) is 63.6 cm³/mol. The van der Waals surface area contributed by atoms with E-state index in [1.54, 1.807) is 18.5 Å². The van der Waals surface area contributed by atoms with Gasteiger partial charge in [0, 0.05) is 12.4 Å². The number of pyridine rings is 1. The lowest BCUT2D eigenvalue weighted by Gasteiger charge is -2.05. The van der Waals surface area contributed by atoms with E-state index >= 15 is 0 Å². The summed E-state index contributed by atoms with van der Waals surface area (Å²) in [5, 5.41) is 0. The van der Waals surface area contributed by atoms with Crippen LogP contribution >= 0.6 is 0 Å². The highest BCUT2D eigenvalue weighted by molar-refractivity contribution is 6.00. The second-order valence-electron chi connectivity index (χ2n) is 3.48. The highest BCUT2D eigenvalue weighted by Crippen LogP contribution is 2.30. The van der Waals surface area contributed by atoms with E-state index in [2.05, 4.69) is 26.6 Å². The fourth-order valence-corrected chi connectivity index (χ4v) is 1.84. The summed E-state index contributed by atoms with van der Waals surface area (Å²) in [5.74, 6) is 1.17. The number of nitrogens with zero attached hydrogens (tertiary/aromatic N) is 2. The first-order chi connectivity index (χ1) is 8.38. The summed E-state index contributed by atoms with van der Waals surface area (Å²) in [4.78, 5) is 8.45. The summed E-state index contributed by atoms with van der Waals surface area (Å²) in [5.41, 5.74) is 2.31. The third-order valence-electron chi connectivity index (χ3n) is 2.43. The Morgan fingerprint density at radius 2 is 2.06 bits per heavy atom. The molecular formula is C12H7AlN2O2. The van der Waals surface area contributed by atoms with E-state index in [-0.39, 0.29) is 0 Å². The van der Waals surface area contributed by atoms with Crippen molar-refractivity contribution in [1.82, 2.24) is 9.97 Å². The molecule has 80 valence electrons. The fraction of sp³-hybridized carbons (Fsp3) is 0. The normalized spacial score (nSPS) is 10.6. The summed E-state index contributed by atoms with van der Waals surface area (Å²) in [6.07, 6.45) is 3.33. The summed E-state index contributed by atoms with van der Waals surface area (Å²) in [7, 11) is 0. The zero-order valence-electron chi connectivity index (χ0n) is 8.83. The minimum Gasteiger partial charge on any atom is -0.653 e. The van der Waals surface area contributed by atoms with Gasteiger partial charge >= 0.3 is 16.6 Å². The molecule has 1 aromatic carbocycles. The van der Waals surface area contributed by atoms with Crippen molar-refractivity contribution in [3.05, 3.63) is 42.7 Å². The third kappa shape index (κ3) is 1.80. The maximum atomic E-state index is 5.66. The fourth-order valence-electron chi connectivity index (χ4n) is 1.63. The molecule has 0 spiro atoms. The molecule has 2 heterocycles. The number of hydrogen-bond acceptors (Lipinski definition) is 4. The molecule has 5 heteroatoms. The molecule has 3 aromatic rings. The van der Waals surface area contributed by atoms with Crippen LogP contribution in [0.15, 0.2) is 47.1 Å². The number of oxazole rings is 1. The van der Waals surface area contributed by atoms with Crippen molar-refractivity contribution in [3.8, 4) is 17.2 Å². The molecule has 0 amide bonds. The Kier molecular flexibility index (Phi) is 2.56. The Balaban J connectivity index is 2.20. The van der Waals surface area contributed by atoms with E-state index in [1.165, 1.54) is 0 Å². The predicted octanol–water partition coefficient (Wildman–Crippen LogP) is 2.35. The molecular weight excluding hydrogens is 231 g/mol. The van der Waals surface area contributed by atoms with Crippen LogP contribution in [0.2, 0.25) is 0 Å². The average Bonchev–Trinajstić information content (AvgIpc) is 2.82. The van der Waals surface area contributed by atoms with Gasteiger partial charge in [-0.1, -0.05) is 12.1 Å². The zero-order chi connectivity index (χ0) is 11.7. The topological polar surface area (TPSA) is 48.2 Å². The SMILES string of the molecule is [Al][O]c1ccncc1-c1nc2ccccc2o1. The monoisotopic (exact) mass is 238 g/mol. The van der Waals surface area contributed by atoms with E-state index in [9.17, 15) is 0 Å². The van der Waals surface area contributed by atoms with Crippen molar-refractivity contribution in [3.63, 3.8) is 0 Å². The van der Waals surface area contributed by atoms with Gasteiger partial charge in [0.15, 0.2) is 5.58 Å². The van der Waals surface area contributed by atoms with E-state index < -0.39 is 0 Å². The molecule has 0 aliphatic heterocycles. The van der Waals surface area contributed by atoms with Crippen molar-refractivity contribution in [2.45, 2.75) is 0 Å². The van der Waals surface area contributed by atoms with Gasteiger partial charge in [-0.2, -0.15) is 0 Å². The van der Waals surface area contributed by atoms with Gasteiger partial charge in [0.05, 0.1) is 11.3 Å². The van der Waals surface area contributed by atoms with Gasteiger partial charge < -0.3 is 8.21 Å². The Labute approximate surface area is 106 Å². The Morgan fingerprint density at radius 3 is 2.88 bits per heavy atom. The number of fused-ring (bicyclic) bond motifs is 1. The van der Waals surface area contributed by atoms with Gasteiger partial charge in [0.1, 0.15) is 5.52 Å². The highest BCUT2D eigenvalue weighted by atomic mass is 27.1. The zero-order valence-corrected chi connectivity index (χ0v) is 9.98. The van der Waals surface area contributed by atoms with Crippen LogP contribution in [0.1, 0.15) is 0 Å². The van der Waals surface area contributed by atoms with E-state index in [0.717, 1.165) is 16.7 Å². The number of rotatable bonds is 2. The Hall–Kier alpha value is -1.83. The van der Waals surface area contributed by atoms with Crippen molar-refractivity contribution in [2.75, 3.05) is 0 Å². The molecule has 0 aliphatic carbocycles. The van der Waals surface area contributed by atoms with Crippen LogP contribution in [0.5, 0.6) is 5.75 Å². The van der Waals surface area contributed by atoms with Crippen molar-refractivity contribution < 1.29 is 8.21 Å². The number of para-hydroxylation sites is 2. The first-order valence-corrected chi connectivity index (χ1v) is 5.52. The van der Waals surface area contributed by atoms with Gasteiger partial charge in [0.2, 0.25) is 5.89 Å². The number of benzene rings is 1. The lowest BCUT2D eigenvalue weighted by atomic mass is 10.2. The highest BCUT2D eigenvalue weighted by Gasteiger charge is 2.11. The third-order valence-corrected chi connectivity index (χ3v) is 2.69. The average molecular weight is 238 g/mol. The quantitative estimate of drug-likeness (QED) is 0.643. The minimum absolute atomic E-state index is 0.511. The maximum Gasteiger partial charge on any atom is 0.482 e. The van der Waals surface area contributed by atoms with Crippen LogP contribution in [0.4, 0.5) is 0 Å². The number of aromatic nitrogens is 2. The van der Waals surface area contributed by atoms with E-state index in [0.29, 0.717) is 11.6 Å². The van der Waals surface area contributed by atoms with Crippen LogP contribution in [-0.4, -0.2) is 26.6 Å². The lowest BCUT2D eigenvalue weighted by molar-refractivity contribution is 0.593. The second-order valence-corrected chi connectivity index (χ2v) is 3.71. The van der Waals surface area contributed by atoms with Crippen LogP contribution in [0.3, 0.4) is 0 Å². The molecule has 0 unspecified atom stereocenters. The van der Waals surface area contributed by atoms with Gasteiger partial charge in [0.25, 0.3) is 0 Å². The van der Waals surface area contributed by atoms with Crippen molar-refractivity contribution >= 4 is 27.7 Å². The van der Waals surface area contributed by atoms with Crippen molar-refractivity contribution in [2.24, 2.45) is 0 Å². The van der Waals surface area contributed by atoms with Gasteiger partial charge in [-0.05, 0) is 18.2 Å². The van der Waals surface area contributed by atoms with Crippen molar-refractivity contribution in [1.29, 1.82) is 0 Å². The molecule has 4 nitrogen and oxygen atoms in total. The second kappa shape index (κ2) is 4.21. The maximum absolute atomic E-state index is 5.66.